The average molecular weight is 253 g/mol. The Labute approximate surface area is 91.8 Å². The van der Waals surface area contributed by atoms with E-state index in [4.69, 9.17) is 5.26 Å². The van der Waals surface area contributed by atoms with E-state index in [-0.39, 0.29) is 0 Å². The molecule has 72 valence electrons. The summed E-state index contributed by atoms with van der Waals surface area (Å²) in [6, 6.07) is 7.67. The van der Waals surface area contributed by atoms with Crippen LogP contribution >= 0.6 is 15.9 Å². The first-order valence-electron chi connectivity index (χ1n) is 4.09. The van der Waals surface area contributed by atoms with Crippen molar-refractivity contribution in [2.45, 2.75) is 0 Å². The number of nitriles is 1. The number of anilines is 1. The van der Waals surface area contributed by atoms with Gasteiger partial charge in [0.25, 0.3) is 0 Å². The van der Waals surface area contributed by atoms with Crippen LogP contribution in [0.3, 0.4) is 0 Å². The van der Waals surface area contributed by atoms with E-state index in [1.54, 1.807) is 12.4 Å². The molecule has 3 nitrogen and oxygen atoms in total. The Morgan fingerprint density at radius 3 is 2.79 bits per heavy atom. The third-order valence-electron chi connectivity index (χ3n) is 1.58. The maximum Gasteiger partial charge on any atom is 0.236 e. The summed E-state index contributed by atoms with van der Waals surface area (Å²) >= 11 is 3.32. The fourth-order valence-electron chi connectivity index (χ4n) is 0.933. The molecule has 0 bridgehead atoms. The van der Waals surface area contributed by atoms with Crippen molar-refractivity contribution >= 4 is 28.0 Å². The zero-order valence-corrected chi connectivity index (χ0v) is 9.67. The molecule has 1 aromatic carbocycles. The normalized spacial score (nSPS) is 9.00. The molecule has 1 N–H and O–H groups in total. The van der Waals surface area contributed by atoms with E-state index in [2.05, 4.69) is 27.3 Å². The highest BCUT2D eigenvalue weighted by atomic mass is 79.9. The molecule has 0 fully saturated rings. The minimum atomic E-state index is 0.623. The van der Waals surface area contributed by atoms with Crippen LogP contribution in [-0.4, -0.2) is 25.0 Å². The number of nitrogens with zero attached hydrogens (tertiary/aromatic N) is 2. The lowest BCUT2D eigenvalue weighted by Gasteiger charge is -1.98. The summed E-state index contributed by atoms with van der Waals surface area (Å²) in [5, 5.41) is 11.9. The molecule has 0 atom stereocenters. The number of rotatable bonds is 2. The predicted octanol–water partition coefficient (Wildman–Crippen LogP) is 2.03. The molecule has 0 unspecified atom stereocenters. The zero-order valence-electron chi connectivity index (χ0n) is 8.08. The third kappa shape index (κ3) is 2.86. The number of halogens is 1. The van der Waals surface area contributed by atoms with Gasteiger partial charge in [-0.2, -0.15) is 5.26 Å². The van der Waals surface area contributed by atoms with Gasteiger partial charge in [-0.15, -0.1) is 0 Å². The van der Waals surface area contributed by atoms with Crippen LogP contribution in [0.2, 0.25) is 0 Å². The Hall–Kier alpha value is -1.34. The van der Waals surface area contributed by atoms with Gasteiger partial charge in [-0.05, 0) is 18.2 Å². The smallest absolute Gasteiger partial charge is 0.236 e. The van der Waals surface area contributed by atoms with Crippen molar-refractivity contribution in [3.63, 3.8) is 0 Å². The fourth-order valence-corrected chi connectivity index (χ4v) is 1.29. The van der Waals surface area contributed by atoms with Crippen LogP contribution in [0.15, 0.2) is 22.7 Å². The van der Waals surface area contributed by atoms with Crippen LogP contribution in [0.5, 0.6) is 0 Å². The molecule has 0 aliphatic rings. The first-order valence-corrected chi connectivity index (χ1v) is 4.88. The SMILES string of the molecule is C[N+](C)=CNc1ccc(Br)cc1C#N. The summed E-state index contributed by atoms with van der Waals surface area (Å²) in [4.78, 5) is 0. The zero-order chi connectivity index (χ0) is 10.6. The predicted molar refractivity (Wildman–Crippen MR) is 60.7 cm³/mol. The highest BCUT2D eigenvalue weighted by Gasteiger charge is 2.04. The Morgan fingerprint density at radius 2 is 2.21 bits per heavy atom. The topological polar surface area (TPSA) is 38.8 Å². The Kier molecular flexibility index (Phi) is 3.66. The second-order valence-corrected chi connectivity index (χ2v) is 3.95. The molecule has 0 amide bonds. The summed E-state index contributed by atoms with van der Waals surface area (Å²) < 4.78 is 2.79. The molecule has 0 saturated heterocycles. The van der Waals surface area contributed by atoms with Gasteiger partial charge in [0.05, 0.1) is 19.7 Å². The summed E-state index contributed by atoms with van der Waals surface area (Å²) in [6.07, 6.45) is 1.80. The van der Waals surface area contributed by atoms with E-state index in [0.717, 1.165) is 10.2 Å². The molecule has 0 saturated carbocycles. The molecular formula is C10H11BrN3+. The summed E-state index contributed by atoms with van der Waals surface area (Å²) in [6.45, 7) is 0. The van der Waals surface area contributed by atoms with E-state index < -0.39 is 0 Å². The van der Waals surface area contributed by atoms with Crippen LogP contribution in [0, 0.1) is 11.3 Å². The maximum atomic E-state index is 8.87. The van der Waals surface area contributed by atoms with Crippen molar-refractivity contribution < 1.29 is 4.58 Å². The highest BCUT2D eigenvalue weighted by Crippen LogP contribution is 2.19. The largest absolute Gasteiger partial charge is 0.273 e. The van der Waals surface area contributed by atoms with Gasteiger partial charge >= 0.3 is 0 Å². The van der Waals surface area contributed by atoms with Crippen molar-refractivity contribution in [2.75, 3.05) is 19.4 Å². The second-order valence-electron chi connectivity index (χ2n) is 3.04. The molecule has 0 spiro atoms. The molecule has 0 aliphatic heterocycles. The molecular weight excluding hydrogens is 242 g/mol. The third-order valence-corrected chi connectivity index (χ3v) is 2.07. The van der Waals surface area contributed by atoms with Crippen molar-refractivity contribution in [3.05, 3.63) is 28.2 Å². The summed E-state index contributed by atoms with van der Waals surface area (Å²) in [7, 11) is 3.83. The lowest BCUT2D eigenvalue weighted by Crippen LogP contribution is -2.08. The van der Waals surface area contributed by atoms with Crippen molar-refractivity contribution in [2.24, 2.45) is 0 Å². The van der Waals surface area contributed by atoms with Gasteiger partial charge in [0, 0.05) is 4.47 Å². The first-order chi connectivity index (χ1) is 6.63. The number of hydrogen-bond acceptors (Lipinski definition) is 1. The van der Waals surface area contributed by atoms with Gasteiger partial charge in [-0.3, -0.25) is 4.58 Å². The molecule has 0 aliphatic carbocycles. The number of benzene rings is 1. The summed E-state index contributed by atoms with van der Waals surface area (Å²) in [5.74, 6) is 0. The monoisotopic (exact) mass is 252 g/mol. The first kappa shape index (κ1) is 10.7. The Balaban J connectivity index is 2.98. The van der Waals surface area contributed by atoms with Gasteiger partial charge in [0.15, 0.2) is 0 Å². The molecule has 14 heavy (non-hydrogen) atoms. The minimum Gasteiger partial charge on any atom is -0.273 e. The molecule has 0 radical (unpaired) electrons. The van der Waals surface area contributed by atoms with Gasteiger partial charge in [0.2, 0.25) is 6.34 Å². The Morgan fingerprint density at radius 1 is 1.50 bits per heavy atom. The van der Waals surface area contributed by atoms with Gasteiger partial charge in [0.1, 0.15) is 11.8 Å². The van der Waals surface area contributed by atoms with E-state index in [0.29, 0.717) is 5.56 Å². The van der Waals surface area contributed by atoms with Crippen molar-refractivity contribution in [1.29, 1.82) is 5.26 Å². The number of hydrogen-bond donors (Lipinski definition) is 1. The van der Waals surface area contributed by atoms with Crippen LogP contribution < -0.4 is 5.32 Å². The van der Waals surface area contributed by atoms with Gasteiger partial charge in [-0.25, -0.2) is 5.32 Å². The van der Waals surface area contributed by atoms with Gasteiger partial charge in [-0.1, -0.05) is 15.9 Å². The second kappa shape index (κ2) is 4.77. The molecule has 0 heterocycles. The minimum absolute atomic E-state index is 0.623. The average Bonchev–Trinajstić information content (AvgIpc) is 2.15. The molecule has 1 rings (SSSR count). The van der Waals surface area contributed by atoms with Crippen LogP contribution in [0.1, 0.15) is 5.56 Å². The molecule has 0 aromatic heterocycles. The van der Waals surface area contributed by atoms with Gasteiger partial charge < -0.3 is 0 Å². The number of nitrogens with one attached hydrogen (secondary N) is 1. The summed E-state index contributed by atoms with van der Waals surface area (Å²) in [5.41, 5.74) is 1.43. The quantitative estimate of drug-likeness (QED) is 0.497. The molecule has 1 aromatic rings. The van der Waals surface area contributed by atoms with Crippen LogP contribution in [0.4, 0.5) is 5.69 Å². The highest BCUT2D eigenvalue weighted by molar-refractivity contribution is 9.10. The van der Waals surface area contributed by atoms with E-state index in [1.807, 2.05) is 30.8 Å². The maximum absolute atomic E-state index is 8.87. The lowest BCUT2D eigenvalue weighted by atomic mass is 10.2. The standard InChI is InChI=1S/C10H10BrN3/c1-14(2)7-13-10-4-3-9(11)5-8(10)6-12/h3-5,7H,1-2H3/p+1. The fraction of sp³-hybridized carbons (Fsp3) is 0.200. The van der Waals surface area contributed by atoms with E-state index in [9.17, 15) is 0 Å². The van der Waals surface area contributed by atoms with E-state index >= 15 is 0 Å². The molecule has 4 heteroatoms. The van der Waals surface area contributed by atoms with Crippen LogP contribution in [0.25, 0.3) is 0 Å². The Bertz CT molecular complexity index is 400. The van der Waals surface area contributed by atoms with Crippen LogP contribution in [-0.2, 0) is 0 Å². The van der Waals surface area contributed by atoms with E-state index in [1.165, 1.54) is 0 Å². The van der Waals surface area contributed by atoms with Crippen molar-refractivity contribution in [3.8, 4) is 6.07 Å². The van der Waals surface area contributed by atoms with Crippen molar-refractivity contribution in [1.82, 2.24) is 0 Å². The lowest BCUT2D eigenvalue weighted by molar-refractivity contribution is -0.459.